The van der Waals surface area contributed by atoms with Gasteiger partial charge in [0, 0.05) is 19.0 Å². The van der Waals surface area contributed by atoms with Crippen molar-refractivity contribution in [1.82, 2.24) is 9.78 Å². The topological polar surface area (TPSA) is 72.9 Å². The molecule has 0 aliphatic rings. The van der Waals surface area contributed by atoms with Gasteiger partial charge in [0.1, 0.15) is 0 Å². The van der Waals surface area contributed by atoms with Crippen molar-refractivity contribution in [2.24, 2.45) is 5.73 Å². The van der Waals surface area contributed by atoms with Gasteiger partial charge < -0.3 is 11.1 Å². The lowest BCUT2D eigenvalue weighted by Gasteiger charge is -2.12. The number of carbonyl (C=O) groups is 1. The molecule has 126 valence electrons. The molecule has 1 aromatic carbocycles. The predicted molar refractivity (Wildman–Crippen MR) is 95.9 cm³/mol. The smallest absolute Gasteiger partial charge is 0.226 e. The molecule has 1 heterocycles. The van der Waals surface area contributed by atoms with Crippen molar-refractivity contribution in [2.45, 2.75) is 46.2 Å². The normalized spacial score (nSPS) is 11.7. The first-order valence-corrected chi connectivity index (χ1v) is 7.67. The van der Waals surface area contributed by atoms with Gasteiger partial charge in [0.15, 0.2) is 0 Å². The summed E-state index contributed by atoms with van der Waals surface area (Å²) in [5.74, 6) is -0.0846. The van der Waals surface area contributed by atoms with Gasteiger partial charge in [-0.2, -0.15) is 5.10 Å². The zero-order chi connectivity index (χ0) is 16.1. The molecule has 0 saturated carbocycles. The van der Waals surface area contributed by atoms with Crippen LogP contribution in [0.2, 0.25) is 0 Å². The number of carbonyl (C=O) groups excluding carboxylic acids is 1. The summed E-state index contributed by atoms with van der Waals surface area (Å²) < 4.78 is 1.93. The van der Waals surface area contributed by atoms with Crippen LogP contribution < -0.4 is 11.1 Å². The average Bonchev–Trinajstić information content (AvgIpc) is 2.76. The molecule has 0 saturated heterocycles. The molecule has 1 aromatic heterocycles. The lowest BCUT2D eigenvalue weighted by atomic mass is 10.0. The van der Waals surface area contributed by atoms with E-state index in [1.54, 1.807) is 0 Å². The number of benzene rings is 1. The molecule has 0 aliphatic heterocycles. The monoisotopic (exact) mass is 336 g/mol. The van der Waals surface area contributed by atoms with Crippen molar-refractivity contribution in [3.05, 3.63) is 47.3 Å². The van der Waals surface area contributed by atoms with Gasteiger partial charge in [-0.15, -0.1) is 12.4 Å². The van der Waals surface area contributed by atoms with Crippen molar-refractivity contribution >= 4 is 24.0 Å². The largest absolute Gasteiger partial charge is 0.324 e. The second kappa shape index (κ2) is 8.70. The Morgan fingerprint density at radius 1 is 1.30 bits per heavy atom. The highest BCUT2D eigenvalue weighted by Gasteiger charge is 2.16. The Hall–Kier alpha value is -1.85. The summed E-state index contributed by atoms with van der Waals surface area (Å²) in [7, 11) is 0. The number of hydrogen-bond donors (Lipinski definition) is 2. The molecule has 1 unspecified atom stereocenters. The summed E-state index contributed by atoms with van der Waals surface area (Å²) in [6.45, 7) is 6.84. The number of amides is 1. The van der Waals surface area contributed by atoms with Crippen LogP contribution in [0.25, 0.3) is 0 Å². The second-order valence-corrected chi connectivity index (χ2v) is 5.54. The highest BCUT2D eigenvalue weighted by atomic mass is 35.5. The Kier molecular flexibility index (Phi) is 7.26. The number of halogens is 1. The maximum Gasteiger partial charge on any atom is 0.226 e. The second-order valence-electron chi connectivity index (χ2n) is 5.54. The molecule has 6 heteroatoms. The van der Waals surface area contributed by atoms with Crippen LogP contribution in [-0.2, 0) is 11.3 Å². The van der Waals surface area contributed by atoms with E-state index in [0.717, 1.165) is 35.6 Å². The standard InChI is InChI=1S/C17H24N4O.ClH/c1-4-10-21-13(3)17(12(2)20-21)19-16(22)11-15(18)14-8-6-5-7-9-14;/h5-9,15H,4,10-11,18H2,1-3H3,(H,19,22);1H. The first kappa shape index (κ1) is 19.2. The Morgan fingerprint density at radius 3 is 2.57 bits per heavy atom. The zero-order valence-corrected chi connectivity index (χ0v) is 14.7. The molecule has 1 amide bonds. The lowest BCUT2D eigenvalue weighted by Crippen LogP contribution is -2.21. The van der Waals surface area contributed by atoms with Crippen LogP contribution in [0.15, 0.2) is 30.3 Å². The highest BCUT2D eigenvalue weighted by molar-refractivity contribution is 5.92. The Morgan fingerprint density at radius 2 is 1.96 bits per heavy atom. The molecule has 0 aliphatic carbocycles. The molecular weight excluding hydrogens is 312 g/mol. The van der Waals surface area contributed by atoms with Gasteiger partial charge in [-0.05, 0) is 25.8 Å². The summed E-state index contributed by atoms with van der Waals surface area (Å²) in [5, 5.41) is 7.42. The van der Waals surface area contributed by atoms with E-state index in [4.69, 9.17) is 5.73 Å². The summed E-state index contributed by atoms with van der Waals surface area (Å²) in [5.41, 5.74) is 9.69. The van der Waals surface area contributed by atoms with Crippen molar-refractivity contribution in [1.29, 1.82) is 0 Å². The van der Waals surface area contributed by atoms with Crippen molar-refractivity contribution in [3.8, 4) is 0 Å². The van der Waals surface area contributed by atoms with E-state index >= 15 is 0 Å². The van der Waals surface area contributed by atoms with E-state index in [-0.39, 0.29) is 30.8 Å². The highest BCUT2D eigenvalue weighted by Crippen LogP contribution is 2.21. The van der Waals surface area contributed by atoms with Gasteiger partial charge in [-0.1, -0.05) is 37.3 Å². The lowest BCUT2D eigenvalue weighted by molar-refractivity contribution is -0.116. The summed E-state index contributed by atoms with van der Waals surface area (Å²) in [4.78, 5) is 12.2. The molecular formula is C17H25ClN4O. The number of aromatic nitrogens is 2. The Balaban J connectivity index is 0.00000264. The van der Waals surface area contributed by atoms with E-state index in [1.807, 2.05) is 48.9 Å². The third-order valence-electron chi connectivity index (χ3n) is 3.71. The van der Waals surface area contributed by atoms with Crippen molar-refractivity contribution < 1.29 is 4.79 Å². The van der Waals surface area contributed by atoms with Crippen LogP contribution in [0.5, 0.6) is 0 Å². The number of hydrogen-bond acceptors (Lipinski definition) is 3. The van der Waals surface area contributed by atoms with Gasteiger partial charge in [0.2, 0.25) is 5.91 Å². The van der Waals surface area contributed by atoms with Gasteiger partial charge >= 0.3 is 0 Å². The fraction of sp³-hybridized carbons (Fsp3) is 0.412. The zero-order valence-electron chi connectivity index (χ0n) is 13.9. The van der Waals surface area contributed by atoms with E-state index in [1.165, 1.54) is 0 Å². The van der Waals surface area contributed by atoms with Crippen LogP contribution in [-0.4, -0.2) is 15.7 Å². The van der Waals surface area contributed by atoms with Gasteiger partial charge in [-0.25, -0.2) is 0 Å². The summed E-state index contributed by atoms with van der Waals surface area (Å²) in [6, 6.07) is 9.37. The maximum absolute atomic E-state index is 12.2. The van der Waals surface area contributed by atoms with Crippen LogP contribution in [0.1, 0.15) is 42.8 Å². The van der Waals surface area contributed by atoms with Crippen LogP contribution in [0.4, 0.5) is 5.69 Å². The predicted octanol–water partition coefficient (Wildman–Crippen LogP) is 3.36. The number of nitrogens with one attached hydrogen (secondary N) is 1. The first-order valence-electron chi connectivity index (χ1n) is 7.67. The third-order valence-corrected chi connectivity index (χ3v) is 3.71. The minimum absolute atomic E-state index is 0. The molecule has 0 spiro atoms. The quantitative estimate of drug-likeness (QED) is 0.849. The molecule has 0 fully saturated rings. The Bertz CT molecular complexity index is 640. The van der Waals surface area contributed by atoms with E-state index in [9.17, 15) is 4.79 Å². The van der Waals surface area contributed by atoms with E-state index < -0.39 is 0 Å². The molecule has 23 heavy (non-hydrogen) atoms. The van der Waals surface area contributed by atoms with Crippen LogP contribution in [0, 0.1) is 13.8 Å². The SMILES string of the molecule is CCCn1nc(C)c(NC(=O)CC(N)c2ccccc2)c1C.Cl. The first-order chi connectivity index (χ1) is 10.5. The third kappa shape index (κ3) is 4.81. The molecule has 0 radical (unpaired) electrons. The number of nitrogens with two attached hydrogens (primary N) is 1. The van der Waals surface area contributed by atoms with Gasteiger partial charge in [0.25, 0.3) is 0 Å². The summed E-state index contributed by atoms with van der Waals surface area (Å²) >= 11 is 0. The minimum atomic E-state index is -0.299. The minimum Gasteiger partial charge on any atom is -0.324 e. The maximum atomic E-state index is 12.2. The molecule has 3 N–H and O–H groups in total. The molecule has 2 aromatic rings. The van der Waals surface area contributed by atoms with E-state index in [2.05, 4.69) is 17.3 Å². The van der Waals surface area contributed by atoms with Gasteiger partial charge in [0.05, 0.1) is 17.1 Å². The fourth-order valence-corrected chi connectivity index (χ4v) is 2.52. The molecule has 0 bridgehead atoms. The molecule has 5 nitrogen and oxygen atoms in total. The Labute approximate surface area is 143 Å². The number of nitrogens with zero attached hydrogens (tertiary/aromatic N) is 2. The van der Waals surface area contributed by atoms with E-state index in [0.29, 0.717) is 0 Å². The van der Waals surface area contributed by atoms with Crippen molar-refractivity contribution in [3.63, 3.8) is 0 Å². The molecule has 2 rings (SSSR count). The van der Waals surface area contributed by atoms with Crippen LogP contribution >= 0.6 is 12.4 Å². The number of aryl methyl sites for hydroxylation is 2. The summed E-state index contributed by atoms with van der Waals surface area (Å²) in [6.07, 6.45) is 1.26. The van der Waals surface area contributed by atoms with Crippen LogP contribution in [0.3, 0.4) is 0 Å². The van der Waals surface area contributed by atoms with Gasteiger partial charge in [-0.3, -0.25) is 9.48 Å². The number of rotatable bonds is 6. The van der Waals surface area contributed by atoms with Crippen molar-refractivity contribution in [2.75, 3.05) is 5.32 Å². The average molecular weight is 337 g/mol. The number of anilines is 1. The fourth-order valence-electron chi connectivity index (χ4n) is 2.52. The molecule has 1 atom stereocenters.